The number of hydrogen-bond acceptors (Lipinski definition) is 3. The molecule has 24 heavy (non-hydrogen) atoms. The van der Waals surface area contributed by atoms with Gasteiger partial charge in [-0.3, -0.25) is 9.59 Å². The Hall–Kier alpha value is -2.53. The van der Waals surface area contributed by atoms with Gasteiger partial charge in [-0.15, -0.1) is 0 Å². The smallest absolute Gasteiger partial charge is 0.228 e. The Morgan fingerprint density at radius 3 is 2.62 bits per heavy atom. The SMILES string of the molecule is O=C(Cc1ccc(N2CCCC2=O)cc1)Nc1cc(Cl)ccc1O. The number of nitrogens with one attached hydrogen (secondary N) is 1. The van der Waals surface area contributed by atoms with Gasteiger partial charge < -0.3 is 15.3 Å². The van der Waals surface area contributed by atoms with E-state index in [0.29, 0.717) is 11.4 Å². The molecular weight excluding hydrogens is 328 g/mol. The highest BCUT2D eigenvalue weighted by molar-refractivity contribution is 6.31. The molecule has 124 valence electrons. The van der Waals surface area contributed by atoms with Gasteiger partial charge in [0.2, 0.25) is 11.8 Å². The van der Waals surface area contributed by atoms with Crippen molar-refractivity contribution in [2.24, 2.45) is 0 Å². The quantitative estimate of drug-likeness (QED) is 0.836. The molecule has 5 nitrogen and oxygen atoms in total. The van der Waals surface area contributed by atoms with E-state index in [1.54, 1.807) is 11.0 Å². The Kier molecular flexibility index (Phi) is 4.71. The second-order valence-corrected chi connectivity index (χ2v) is 6.14. The fourth-order valence-electron chi connectivity index (χ4n) is 2.70. The van der Waals surface area contributed by atoms with Crippen molar-refractivity contribution in [2.75, 3.05) is 16.8 Å². The van der Waals surface area contributed by atoms with Gasteiger partial charge in [-0.25, -0.2) is 0 Å². The molecule has 0 unspecified atom stereocenters. The predicted molar refractivity (Wildman–Crippen MR) is 93.5 cm³/mol. The summed E-state index contributed by atoms with van der Waals surface area (Å²) < 4.78 is 0. The van der Waals surface area contributed by atoms with E-state index >= 15 is 0 Å². The molecule has 3 rings (SSSR count). The molecule has 1 aliphatic heterocycles. The lowest BCUT2D eigenvalue weighted by Gasteiger charge is -2.16. The summed E-state index contributed by atoms with van der Waals surface area (Å²) in [4.78, 5) is 25.6. The number of phenols is 1. The summed E-state index contributed by atoms with van der Waals surface area (Å²) in [5.74, 6) is -0.148. The Balaban J connectivity index is 1.64. The maximum Gasteiger partial charge on any atom is 0.228 e. The van der Waals surface area contributed by atoms with E-state index in [4.69, 9.17) is 11.6 Å². The third-order valence-electron chi connectivity index (χ3n) is 3.92. The van der Waals surface area contributed by atoms with E-state index in [2.05, 4.69) is 5.32 Å². The molecule has 1 saturated heterocycles. The molecule has 2 aromatic rings. The third-order valence-corrected chi connectivity index (χ3v) is 4.15. The number of hydrogen-bond donors (Lipinski definition) is 2. The minimum Gasteiger partial charge on any atom is -0.506 e. The first-order valence-corrected chi connectivity index (χ1v) is 8.08. The van der Waals surface area contributed by atoms with E-state index in [0.717, 1.165) is 24.2 Å². The standard InChI is InChI=1S/C18H17ClN2O3/c19-13-5-8-16(22)15(11-13)20-17(23)10-12-3-6-14(7-4-12)21-9-1-2-18(21)24/h3-8,11,22H,1-2,9-10H2,(H,20,23). The largest absolute Gasteiger partial charge is 0.506 e. The third kappa shape index (κ3) is 3.68. The van der Waals surface area contributed by atoms with Crippen molar-refractivity contribution >= 4 is 34.8 Å². The molecule has 6 heteroatoms. The van der Waals surface area contributed by atoms with Crippen molar-refractivity contribution in [3.05, 3.63) is 53.1 Å². The Bertz CT molecular complexity index is 774. The van der Waals surface area contributed by atoms with Gasteiger partial charge in [-0.05, 0) is 42.3 Å². The predicted octanol–water partition coefficient (Wildman–Crippen LogP) is 3.35. The molecule has 1 aliphatic rings. The van der Waals surface area contributed by atoms with E-state index in [9.17, 15) is 14.7 Å². The minimum absolute atomic E-state index is 0.0318. The van der Waals surface area contributed by atoms with Crippen LogP contribution in [0.3, 0.4) is 0 Å². The van der Waals surface area contributed by atoms with E-state index in [1.807, 2.05) is 24.3 Å². The zero-order chi connectivity index (χ0) is 17.1. The molecule has 2 amide bonds. The van der Waals surface area contributed by atoms with Crippen LogP contribution in [0.5, 0.6) is 5.75 Å². The molecule has 0 spiro atoms. The van der Waals surface area contributed by atoms with Crippen LogP contribution in [-0.4, -0.2) is 23.5 Å². The average molecular weight is 345 g/mol. The first-order chi connectivity index (χ1) is 11.5. The number of anilines is 2. The number of aromatic hydroxyl groups is 1. The lowest BCUT2D eigenvalue weighted by Crippen LogP contribution is -2.23. The average Bonchev–Trinajstić information content (AvgIpc) is 2.98. The molecule has 0 aromatic heterocycles. The molecular formula is C18H17ClN2O3. The van der Waals surface area contributed by atoms with Gasteiger partial charge in [-0.2, -0.15) is 0 Å². The number of nitrogens with zero attached hydrogens (tertiary/aromatic N) is 1. The summed E-state index contributed by atoms with van der Waals surface area (Å²) in [6.45, 7) is 0.743. The Morgan fingerprint density at radius 2 is 1.96 bits per heavy atom. The maximum absolute atomic E-state index is 12.1. The van der Waals surface area contributed by atoms with Gasteiger partial charge in [-0.1, -0.05) is 23.7 Å². The molecule has 0 aliphatic carbocycles. The van der Waals surface area contributed by atoms with Crippen LogP contribution >= 0.6 is 11.6 Å². The molecule has 0 radical (unpaired) electrons. The van der Waals surface area contributed by atoms with Crippen molar-refractivity contribution in [1.29, 1.82) is 0 Å². The molecule has 0 bridgehead atoms. The number of rotatable bonds is 4. The zero-order valence-corrected chi connectivity index (χ0v) is 13.7. The summed E-state index contributed by atoms with van der Waals surface area (Å²) in [7, 11) is 0. The highest BCUT2D eigenvalue weighted by atomic mass is 35.5. The summed E-state index contributed by atoms with van der Waals surface area (Å²) >= 11 is 5.86. The van der Waals surface area contributed by atoms with Crippen LogP contribution in [0.4, 0.5) is 11.4 Å². The van der Waals surface area contributed by atoms with Crippen molar-refractivity contribution < 1.29 is 14.7 Å². The molecule has 1 heterocycles. The van der Waals surface area contributed by atoms with Gasteiger partial charge in [0.1, 0.15) is 5.75 Å². The summed E-state index contributed by atoms with van der Waals surface area (Å²) in [6.07, 6.45) is 1.64. The fraction of sp³-hybridized carbons (Fsp3) is 0.222. The van der Waals surface area contributed by atoms with Crippen LogP contribution in [0.2, 0.25) is 5.02 Å². The van der Waals surface area contributed by atoms with Gasteiger partial charge in [0.15, 0.2) is 0 Å². The van der Waals surface area contributed by atoms with Crippen molar-refractivity contribution in [3.63, 3.8) is 0 Å². The number of benzene rings is 2. The van der Waals surface area contributed by atoms with Crippen LogP contribution in [0, 0.1) is 0 Å². The van der Waals surface area contributed by atoms with Crippen LogP contribution in [0.25, 0.3) is 0 Å². The van der Waals surface area contributed by atoms with E-state index in [1.165, 1.54) is 12.1 Å². The molecule has 0 atom stereocenters. The van der Waals surface area contributed by atoms with Crippen molar-refractivity contribution in [1.82, 2.24) is 0 Å². The van der Waals surface area contributed by atoms with Gasteiger partial charge in [0.05, 0.1) is 12.1 Å². The van der Waals surface area contributed by atoms with Gasteiger partial charge >= 0.3 is 0 Å². The van der Waals surface area contributed by atoms with Crippen molar-refractivity contribution in [2.45, 2.75) is 19.3 Å². The number of carbonyl (C=O) groups is 2. The molecule has 2 aromatic carbocycles. The number of phenolic OH excluding ortho intramolecular Hbond substituents is 1. The van der Waals surface area contributed by atoms with Crippen LogP contribution in [0.15, 0.2) is 42.5 Å². The zero-order valence-electron chi connectivity index (χ0n) is 13.0. The first kappa shape index (κ1) is 16.3. The normalized spacial score (nSPS) is 14.0. The number of amides is 2. The van der Waals surface area contributed by atoms with E-state index < -0.39 is 0 Å². The lowest BCUT2D eigenvalue weighted by atomic mass is 10.1. The summed E-state index contributed by atoms with van der Waals surface area (Å²) in [5.41, 5.74) is 1.96. The first-order valence-electron chi connectivity index (χ1n) is 7.70. The van der Waals surface area contributed by atoms with Crippen LogP contribution in [0.1, 0.15) is 18.4 Å². The van der Waals surface area contributed by atoms with Crippen LogP contribution < -0.4 is 10.2 Å². The lowest BCUT2D eigenvalue weighted by molar-refractivity contribution is -0.117. The Labute approximate surface area is 144 Å². The Morgan fingerprint density at radius 1 is 1.21 bits per heavy atom. The summed E-state index contributed by atoms with van der Waals surface area (Å²) in [5, 5.41) is 12.8. The molecule has 2 N–H and O–H groups in total. The molecule has 1 fully saturated rings. The fourth-order valence-corrected chi connectivity index (χ4v) is 2.88. The van der Waals surface area contributed by atoms with Crippen molar-refractivity contribution in [3.8, 4) is 5.75 Å². The topological polar surface area (TPSA) is 69.6 Å². The monoisotopic (exact) mass is 344 g/mol. The maximum atomic E-state index is 12.1. The second kappa shape index (κ2) is 6.93. The molecule has 0 saturated carbocycles. The van der Waals surface area contributed by atoms with Crippen LogP contribution in [-0.2, 0) is 16.0 Å². The number of halogens is 1. The van der Waals surface area contributed by atoms with Gasteiger partial charge in [0.25, 0.3) is 0 Å². The summed E-state index contributed by atoms with van der Waals surface area (Å²) in [6, 6.07) is 11.8. The van der Waals surface area contributed by atoms with Gasteiger partial charge in [0, 0.05) is 23.7 Å². The highest BCUT2D eigenvalue weighted by Gasteiger charge is 2.21. The number of carbonyl (C=O) groups excluding carboxylic acids is 2. The highest BCUT2D eigenvalue weighted by Crippen LogP contribution is 2.27. The minimum atomic E-state index is -0.252. The van der Waals surface area contributed by atoms with E-state index in [-0.39, 0.29) is 29.7 Å². The second-order valence-electron chi connectivity index (χ2n) is 5.70.